The Hall–Kier alpha value is -4.32. The highest BCUT2D eigenvalue weighted by Gasteiger charge is 2.41. The molecule has 2 fully saturated rings. The van der Waals surface area contributed by atoms with E-state index in [0.717, 1.165) is 53.4 Å². The number of aromatic amines is 1. The predicted molar refractivity (Wildman–Crippen MR) is 140 cm³/mol. The predicted octanol–water partition coefficient (Wildman–Crippen LogP) is 4.79. The SMILES string of the molecule is CC(n1cnnc1-c1nc(NC(=O)c2cc(-c3ncc(C4CC4)[nH]3)c(N3CC(C)(C#N)C3)cn2)cs1)C(F)(F)F. The van der Waals surface area contributed by atoms with E-state index in [4.69, 9.17) is 0 Å². The van der Waals surface area contributed by atoms with E-state index in [2.05, 4.69) is 41.5 Å². The molecule has 2 N–H and O–H groups in total. The lowest BCUT2D eigenvalue weighted by atomic mass is 9.83. The van der Waals surface area contributed by atoms with E-state index < -0.39 is 23.5 Å². The molecule has 0 bridgehead atoms. The summed E-state index contributed by atoms with van der Waals surface area (Å²) >= 11 is 1.03. The summed E-state index contributed by atoms with van der Waals surface area (Å²) in [7, 11) is 0. The highest BCUT2D eigenvalue weighted by Crippen LogP contribution is 2.42. The highest BCUT2D eigenvalue weighted by atomic mass is 32.1. The summed E-state index contributed by atoms with van der Waals surface area (Å²) < 4.78 is 40.6. The average Bonchev–Trinajstić information content (AvgIpc) is 3.28. The van der Waals surface area contributed by atoms with E-state index in [1.54, 1.807) is 12.3 Å². The second kappa shape index (κ2) is 9.40. The number of hydrogen-bond acceptors (Lipinski definition) is 9. The Morgan fingerprint density at radius 2 is 2.08 bits per heavy atom. The second-order valence-corrected chi connectivity index (χ2v) is 11.2. The zero-order valence-electron chi connectivity index (χ0n) is 21.4. The Balaban J connectivity index is 1.25. The largest absolute Gasteiger partial charge is 0.408 e. The van der Waals surface area contributed by atoms with Gasteiger partial charge in [0, 0.05) is 41.8 Å². The lowest BCUT2D eigenvalue weighted by Crippen LogP contribution is -2.54. The van der Waals surface area contributed by atoms with Gasteiger partial charge < -0.3 is 15.2 Å². The number of imidazole rings is 1. The quantitative estimate of drug-likeness (QED) is 0.324. The molecule has 6 rings (SSSR count). The van der Waals surface area contributed by atoms with Crippen molar-refractivity contribution in [3.8, 4) is 28.3 Å². The van der Waals surface area contributed by atoms with Crippen LogP contribution in [0.25, 0.3) is 22.2 Å². The molecular formula is C25H23F3N10OS. The van der Waals surface area contributed by atoms with Gasteiger partial charge in [-0.05, 0) is 32.8 Å². The number of carbonyl (C=O) groups is 1. The Labute approximate surface area is 230 Å². The third kappa shape index (κ3) is 4.79. The number of H-pyrrole nitrogens is 1. The number of hydrogen-bond donors (Lipinski definition) is 2. The summed E-state index contributed by atoms with van der Waals surface area (Å²) in [5, 5.41) is 21.2. The number of aromatic nitrogens is 7. The fourth-order valence-electron chi connectivity index (χ4n) is 4.58. The van der Waals surface area contributed by atoms with Crippen LogP contribution < -0.4 is 10.2 Å². The van der Waals surface area contributed by atoms with Crippen LogP contribution in [0.1, 0.15) is 54.8 Å². The first-order chi connectivity index (χ1) is 19.0. The number of nitrogens with one attached hydrogen (secondary N) is 2. The van der Waals surface area contributed by atoms with Gasteiger partial charge in [0.1, 0.15) is 29.7 Å². The molecule has 40 heavy (non-hydrogen) atoms. The van der Waals surface area contributed by atoms with Crippen LogP contribution in [0, 0.1) is 16.7 Å². The van der Waals surface area contributed by atoms with Crippen molar-refractivity contribution < 1.29 is 18.0 Å². The Morgan fingerprint density at radius 3 is 2.77 bits per heavy atom. The molecule has 0 radical (unpaired) electrons. The molecule has 2 aliphatic rings. The summed E-state index contributed by atoms with van der Waals surface area (Å²) in [5.41, 5.74) is 2.13. The van der Waals surface area contributed by atoms with Crippen LogP contribution in [0.4, 0.5) is 24.7 Å². The maximum atomic E-state index is 13.3. The fraction of sp³-hybridized carbons (Fsp3) is 0.400. The average molecular weight is 569 g/mol. The molecular weight excluding hydrogens is 545 g/mol. The van der Waals surface area contributed by atoms with Gasteiger partial charge in [0.05, 0.1) is 23.4 Å². The topological polar surface area (TPSA) is 141 Å². The Morgan fingerprint density at radius 1 is 1.30 bits per heavy atom. The first kappa shape index (κ1) is 25.9. The molecule has 1 saturated carbocycles. The van der Waals surface area contributed by atoms with Crippen LogP contribution in [0.15, 0.2) is 30.2 Å². The van der Waals surface area contributed by atoms with E-state index in [9.17, 15) is 23.2 Å². The van der Waals surface area contributed by atoms with Gasteiger partial charge in [-0.15, -0.1) is 21.5 Å². The molecule has 1 saturated heterocycles. The van der Waals surface area contributed by atoms with Gasteiger partial charge in [0.25, 0.3) is 5.91 Å². The van der Waals surface area contributed by atoms with Crippen LogP contribution in [0.5, 0.6) is 0 Å². The van der Waals surface area contributed by atoms with Crippen molar-refractivity contribution in [3.05, 3.63) is 41.6 Å². The van der Waals surface area contributed by atoms with E-state index >= 15 is 0 Å². The van der Waals surface area contributed by atoms with Crippen LogP contribution in [0.3, 0.4) is 0 Å². The van der Waals surface area contributed by atoms with Crippen molar-refractivity contribution in [2.75, 3.05) is 23.3 Å². The molecule has 5 heterocycles. The van der Waals surface area contributed by atoms with Crippen molar-refractivity contribution in [2.24, 2.45) is 5.41 Å². The molecule has 1 amide bonds. The van der Waals surface area contributed by atoms with Crippen molar-refractivity contribution >= 4 is 28.7 Å². The summed E-state index contributed by atoms with van der Waals surface area (Å²) in [4.78, 5) is 31.7. The minimum Gasteiger partial charge on any atom is -0.366 e. The number of nitriles is 1. The van der Waals surface area contributed by atoms with Gasteiger partial charge in [0.2, 0.25) is 0 Å². The maximum absolute atomic E-state index is 13.3. The molecule has 0 spiro atoms. The molecule has 1 aliphatic carbocycles. The number of amides is 1. The number of pyridine rings is 1. The summed E-state index contributed by atoms with van der Waals surface area (Å²) in [6.45, 7) is 3.95. The number of thiazole rings is 1. The lowest BCUT2D eigenvalue weighted by molar-refractivity contribution is -0.162. The van der Waals surface area contributed by atoms with E-state index in [1.165, 1.54) is 5.38 Å². The summed E-state index contributed by atoms with van der Waals surface area (Å²) in [6, 6.07) is 2.12. The standard InChI is InChI=1S/C25H23F3N10OS/c1-13(25(26,27)28)38-12-32-36-21(38)23-35-19(8-40-23)34-22(39)16-5-15(20-31-6-17(33-20)14-3-4-14)18(7-30-16)37-10-24(2,9-29)11-37/h5-8,12-14H,3-4,10-11H2,1-2H3,(H,31,33)(H,34,39). The number of anilines is 2. The monoisotopic (exact) mass is 568 g/mol. The highest BCUT2D eigenvalue weighted by molar-refractivity contribution is 7.13. The van der Waals surface area contributed by atoms with Crippen LogP contribution in [-0.2, 0) is 0 Å². The molecule has 1 atom stereocenters. The molecule has 11 nitrogen and oxygen atoms in total. The van der Waals surface area contributed by atoms with Gasteiger partial charge in [-0.25, -0.2) is 15.0 Å². The number of halogens is 3. The number of nitrogens with zero attached hydrogens (tertiary/aromatic N) is 8. The van der Waals surface area contributed by atoms with Gasteiger partial charge >= 0.3 is 6.18 Å². The minimum absolute atomic E-state index is 0.0525. The van der Waals surface area contributed by atoms with Crippen molar-refractivity contribution in [3.63, 3.8) is 0 Å². The third-order valence-electron chi connectivity index (χ3n) is 7.07. The smallest absolute Gasteiger partial charge is 0.366 e. The van der Waals surface area contributed by atoms with Crippen LogP contribution in [-0.4, -0.2) is 59.9 Å². The zero-order chi connectivity index (χ0) is 28.2. The molecule has 206 valence electrons. The first-order valence-corrected chi connectivity index (χ1v) is 13.4. The number of rotatable bonds is 7. The maximum Gasteiger partial charge on any atom is 0.408 e. The molecule has 1 unspecified atom stereocenters. The fourth-order valence-corrected chi connectivity index (χ4v) is 5.31. The number of alkyl halides is 3. The van der Waals surface area contributed by atoms with E-state index in [0.29, 0.717) is 30.4 Å². The Kier molecular flexibility index (Phi) is 6.10. The second-order valence-electron chi connectivity index (χ2n) is 10.3. The first-order valence-electron chi connectivity index (χ1n) is 12.5. The van der Waals surface area contributed by atoms with Crippen LogP contribution in [0.2, 0.25) is 0 Å². The van der Waals surface area contributed by atoms with Gasteiger partial charge in [-0.1, -0.05) is 0 Å². The molecule has 15 heteroatoms. The minimum atomic E-state index is -4.49. The molecule has 0 aromatic carbocycles. The number of carbonyl (C=O) groups excluding carboxylic acids is 1. The van der Waals surface area contributed by atoms with Crippen LogP contribution >= 0.6 is 11.3 Å². The van der Waals surface area contributed by atoms with Gasteiger partial charge in [-0.2, -0.15) is 18.4 Å². The van der Waals surface area contributed by atoms with Gasteiger partial charge in [0.15, 0.2) is 10.8 Å². The Bertz CT molecular complexity index is 1620. The van der Waals surface area contributed by atoms with E-state index in [1.807, 2.05) is 18.0 Å². The molecule has 1 aliphatic heterocycles. The molecule has 4 aromatic heterocycles. The normalized spacial score (nSPS) is 17.2. The third-order valence-corrected chi connectivity index (χ3v) is 7.91. The van der Waals surface area contributed by atoms with Crippen molar-refractivity contribution in [1.82, 2.24) is 34.7 Å². The van der Waals surface area contributed by atoms with Crippen molar-refractivity contribution in [1.29, 1.82) is 5.26 Å². The van der Waals surface area contributed by atoms with E-state index in [-0.39, 0.29) is 22.3 Å². The van der Waals surface area contributed by atoms with Crippen molar-refractivity contribution in [2.45, 2.75) is 44.8 Å². The lowest BCUT2D eigenvalue weighted by Gasteiger charge is -2.45. The summed E-state index contributed by atoms with van der Waals surface area (Å²) in [5.74, 6) is 0.614. The molecule has 4 aromatic rings. The zero-order valence-corrected chi connectivity index (χ0v) is 22.2. The van der Waals surface area contributed by atoms with Gasteiger partial charge in [-0.3, -0.25) is 9.36 Å². The summed E-state index contributed by atoms with van der Waals surface area (Å²) in [6.07, 6.45) is 2.12.